The van der Waals surface area contributed by atoms with Gasteiger partial charge in [0, 0.05) is 23.2 Å². The van der Waals surface area contributed by atoms with Gasteiger partial charge in [0.05, 0.1) is 12.1 Å². The molecule has 2 unspecified atom stereocenters. The molecule has 1 aromatic rings. The van der Waals surface area contributed by atoms with Crippen LogP contribution < -0.4 is 10.6 Å². The number of hydrogen-bond donors (Lipinski definition) is 2. The molecule has 0 radical (unpaired) electrons. The summed E-state index contributed by atoms with van der Waals surface area (Å²) in [6.45, 7) is 0.554. The number of benzene rings is 1. The fourth-order valence-electron chi connectivity index (χ4n) is 2.20. The molecule has 0 bridgehead atoms. The third-order valence-corrected chi connectivity index (χ3v) is 4.67. The van der Waals surface area contributed by atoms with Gasteiger partial charge in [-0.1, -0.05) is 29.8 Å². The van der Waals surface area contributed by atoms with Crippen molar-refractivity contribution in [1.29, 1.82) is 0 Å². The molecule has 20 heavy (non-hydrogen) atoms. The topological polar surface area (TPSA) is 44.4 Å². The van der Waals surface area contributed by atoms with Crippen LogP contribution in [0.25, 0.3) is 0 Å². The number of carbonyl (C=O) groups is 1. The average Bonchev–Trinajstić information content (AvgIpc) is 2.94. The van der Waals surface area contributed by atoms with Crippen LogP contribution in [0.1, 0.15) is 11.6 Å². The van der Waals surface area contributed by atoms with Crippen LogP contribution in [0.2, 0.25) is 5.02 Å². The van der Waals surface area contributed by atoms with Crippen molar-refractivity contribution in [1.82, 2.24) is 15.5 Å². The van der Waals surface area contributed by atoms with Gasteiger partial charge in [0.1, 0.15) is 0 Å². The number of thioether (sulfide) groups is 1. The summed E-state index contributed by atoms with van der Waals surface area (Å²) < 4.78 is 0. The summed E-state index contributed by atoms with van der Waals surface area (Å²) in [5, 5.41) is 6.92. The Labute approximate surface area is 129 Å². The standard InChI is InChI=1S/C14H20ClN3OS/c1-18(2)13(10-5-3-4-6-11(10)15)7-16-14(19)12-8-20-9-17-12/h3-6,12-13,17H,7-9H2,1-2H3,(H,16,19). The van der Waals surface area contributed by atoms with Crippen molar-refractivity contribution in [3.8, 4) is 0 Å². The molecule has 0 saturated carbocycles. The predicted molar refractivity (Wildman–Crippen MR) is 85.1 cm³/mol. The van der Waals surface area contributed by atoms with Crippen molar-refractivity contribution in [3.63, 3.8) is 0 Å². The predicted octanol–water partition coefficient (Wildman–Crippen LogP) is 1.72. The van der Waals surface area contributed by atoms with Gasteiger partial charge in [-0.05, 0) is 25.7 Å². The molecular formula is C14H20ClN3OS. The fraction of sp³-hybridized carbons (Fsp3) is 0.500. The molecular weight excluding hydrogens is 294 g/mol. The van der Waals surface area contributed by atoms with Gasteiger partial charge in [-0.25, -0.2) is 0 Å². The maximum Gasteiger partial charge on any atom is 0.238 e. The molecule has 1 aliphatic heterocycles. The first-order valence-electron chi connectivity index (χ1n) is 6.59. The minimum atomic E-state index is -0.0749. The maximum absolute atomic E-state index is 12.1. The van der Waals surface area contributed by atoms with Gasteiger partial charge in [-0.15, -0.1) is 11.8 Å². The molecule has 1 aromatic carbocycles. The summed E-state index contributed by atoms with van der Waals surface area (Å²) in [6, 6.07) is 7.76. The van der Waals surface area contributed by atoms with Crippen LogP contribution in [0.3, 0.4) is 0 Å². The van der Waals surface area contributed by atoms with Gasteiger partial charge >= 0.3 is 0 Å². The second-order valence-corrected chi connectivity index (χ2v) is 6.46. The van der Waals surface area contributed by atoms with Gasteiger partial charge in [0.25, 0.3) is 0 Å². The third kappa shape index (κ3) is 3.88. The second-order valence-electron chi connectivity index (χ2n) is 5.02. The smallest absolute Gasteiger partial charge is 0.238 e. The van der Waals surface area contributed by atoms with Crippen molar-refractivity contribution in [2.45, 2.75) is 12.1 Å². The van der Waals surface area contributed by atoms with Crippen molar-refractivity contribution in [2.24, 2.45) is 0 Å². The Morgan fingerprint density at radius 3 is 2.90 bits per heavy atom. The zero-order valence-electron chi connectivity index (χ0n) is 11.7. The monoisotopic (exact) mass is 313 g/mol. The van der Waals surface area contributed by atoms with E-state index in [-0.39, 0.29) is 18.0 Å². The summed E-state index contributed by atoms with van der Waals surface area (Å²) in [7, 11) is 3.98. The minimum absolute atomic E-state index is 0.0638. The van der Waals surface area contributed by atoms with E-state index < -0.39 is 0 Å². The lowest BCUT2D eigenvalue weighted by Gasteiger charge is -2.26. The zero-order chi connectivity index (χ0) is 14.5. The Kier molecular flexibility index (Phi) is 5.72. The Bertz CT molecular complexity index is 463. The number of amides is 1. The van der Waals surface area contributed by atoms with Crippen molar-refractivity contribution < 1.29 is 4.79 Å². The summed E-state index contributed by atoms with van der Waals surface area (Å²) in [5.74, 6) is 1.75. The molecule has 110 valence electrons. The molecule has 2 rings (SSSR count). The SMILES string of the molecule is CN(C)C(CNC(=O)C1CSCN1)c1ccccc1Cl. The van der Waals surface area contributed by atoms with Gasteiger partial charge in [-0.3, -0.25) is 10.1 Å². The molecule has 0 aromatic heterocycles. The number of carbonyl (C=O) groups excluding carboxylic acids is 1. The average molecular weight is 314 g/mol. The number of halogens is 1. The molecule has 2 N–H and O–H groups in total. The lowest BCUT2D eigenvalue weighted by molar-refractivity contribution is -0.122. The third-order valence-electron chi connectivity index (χ3n) is 3.39. The van der Waals surface area contributed by atoms with Crippen LogP contribution in [0.4, 0.5) is 0 Å². The van der Waals surface area contributed by atoms with E-state index in [4.69, 9.17) is 11.6 Å². The van der Waals surface area contributed by atoms with Crippen LogP contribution in [-0.4, -0.2) is 49.1 Å². The highest BCUT2D eigenvalue weighted by Gasteiger charge is 2.24. The van der Waals surface area contributed by atoms with E-state index >= 15 is 0 Å². The Morgan fingerprint density at radius 1 is 1.55 bits per heavy atom. The van der Waals surface area contributed by atoms with Crippen LogP contribution in [0.5, 0.6) is 0 Å². The van der Waals surface area contributed by atoms with Crippen LogP contribution >= 0.6 is 23.4 Å². The number of hydrogen-bond acceptors (Lipinski definition) is 4. The maximum atomic E-state index is 12.1. The summed E-state index contributed by atoms with van der Waals surface area (Å²) in [4.78, 5) is 14.1. The highest BCUT2D eigenvalue weighted by atomic mass is 35.5. The number of rotatable bonds is 5. The zero-order valence-corrected chi connectivity index (χ0v) is 13.3. The first-order valence-corrected chi connectivity index (χ1v) is 8.12. The molecule has 0 aliphatic carbocycles. The highest BCUT2D eigenvalue weighted by Crippen LogP contribution is 2.25. The number of nitrogens with zero attached hydrogens (tertiary/aromatic N) is 1. The largest absolute Gasteiger partial charge is 0.353 e. The molecule has 1 saturated heterocycles. The number of likely N-dealkylation sites (N-methyl/N-ethyl adjacent to an activating group) is 1. The summed E-state index contributed by atoms with van der Waals surface area (Å²) >= 11 is 8.00. The Hall–Kier alpha value is -0.750. The van der Waals surface area contributed by atoms with E-state index in [1.165, 1.54) is 0 Å². The van der Waals surface area contributed by atoms with E-state index in [2.05, 4.69) is 15.5 Å². The minimum Gasteiger partial charge on any atom is -0.353 e. The molecule has 6 heteroatoms. The lowest BCUT2D eigenvalue weighted by atomic mass is 10.1. The van der Waals surface area contributed by atoms with Crippen LogP contribution in [0.15, 0.2) is 24.3 Å². The van der Waals surface area contributed by atoms with E-state index in [0.717, 1.165) is 22.2 Å². The summed E-state index contributed by atoms with van der Waals surface area (Å²) in [5.41, 5.74) is 1.04. The van der Waals surface area contributed by atoms with Crippen molar-refractivity contribution in [2.75, 3.05) is 32.3 Å². The van der Waals surface area contributed by atoms with Gasteiger partial charge in [0.15, 0.2) is 0 Å². The van der Waals surface area contributed by atoms with Gasteiger partial charge in [0.2, 0.25) is 5.91 Å². The molecule has 1 amide bonds. The molecule has 1 fully saturated rings. The first kappa shape index (κ1) is 15.6. The Morgan fingerprint density at radius 2 is 2.30 bits per heavy atom. The molecule has 1 heterocycles. The van der Waals surface area contributed by atoms with Crippen molar-refractivity contribution >= 4 is 29.3 Å². The fourth-order valence-corrected chi connectivity index (χ4v) is 3.40. The Balaban J connectivity index is 1.99. The second kappa shape index (κ2) is 7.31. The highest BCUT2D eigenvalue weighted by molar-refractivity contribution is 7.99. The summed E-state index contributed by atoms with van der Waals surface area (Å²) in [6.07, 6.45) is 0. The van der Waals surface area contributed by atoms with Gasteiger partial charge < -0.3 is 10.2 Å². The quantitative estimate of drug-likeness (QED) is 0.869. The lowest BCUT2D eigenvalue weighted by Crippen LogP contribution is -2.44. The van der Waals surface area contributed by atoms with E-state index in [0.29, 0.717) is 6.54 Å². The number of nitrogens with one attached hydrogen (secondary N) is 2. The molecule has 4 nitrogen and oxygen atoms in total. The van der Waals surface area contributed by atoms with E-state index in [1.807, 2.05) is 38.4 Å². The van der Waals surface area contributed by atoms with Crippen LogP contribution in [-0.2, 0) is 4.79 Å². The van der Waals surface area contributed by atoms with E-state index in [1.54, 1.807) is 11.8 Å². The molecule has 1 aliphatic rings. The normalized spacial score (nSPS) is 20.1. The first-order chi connectivity index (χ1) is 9.59. The van der Waals surface area contributed by atoms with Gasteiger partial charge in [-0.2, -0.15) is 0 Å². The molecule has 0 spiro atoms. The van der Waals surface area contributed by atoms with E-state index in [9.17, 15) is 4.79 Å². The molecule has 2 atom stereocenters. The van der Waals surface area contributed by atoms with Crippen molar-refractivity contribution in [3.05, 3.63) is 34.9 Å². The van der Waals surface area contributed by atoms with Crippen LogP contribution in [0, 0.1) is 0 Å².